The van der Waals surface area contributed by atoms with Crippen molar-refractivity contribution in [2.45, 2.75) is 44.2 Å². The number of ether oxygens (including phenoxy) is 2. The Morgan fingerprint density at radius 2 is 2.40 bits per heavy atom. The predicted molar refractivity (Wildman–Crippen MR) is 82.8 cm³/mol. The standard InChI is InChI=1S/C15H22ClNO2S/c16-15-9-12-13(4-5-14(12)20-15)17-6-2-7-18-10-11-3-1-8-19-11/h9,11,13,17H,1-8,10H2. The number of hydrogen-bond acceptors (Lipinski definition) is 4. The Morgan fingerprint density at radius 1 is 1.45 bits per heavy atom. The third-order valence-electron chi connectivity index (χ3n) is 4.03. The second-order valence-corrected chi connectivity index (χ2v) is 7.31. The zero-order valence-corrected chi connectivity index (χ0v) is 13.3. The Bertz CT molecular complexity index is 432. The van der Waals surface area contributed by atoms with Gasteiger partial charge in [0.15, 0.2) is 0 Å². The van der Waals surface area contributed by atoms with E-state index in [1.807, 2.05) is 0 Å². The Balaban J connectivity index is 1.28. The summed E-state index contributed by atoms with van der Waals surface area (Å²) in [7, 11) is 0. The zero-order chi connectivity index (χ0) is 13.8. The third kappa shape index (κ3) is 3.74. The molecule has 1 aromatic heterocycles. The van der Waals surface area contributed by atoms with Gasteiger partial charge in [0.1, 0.15) is 0 Å². The molecule has 0 aromatic carbocycles. The van der Waals surface area contributed by atoms with Crippen LogP contribution < -0.4 is 5.32 Å². The van der Waals surface area contributed by atoms with Gasteiger partial charge in [-0.15, -0.1) is 11.3 Å². The fourth-order valence-electron chi connectivity index (χ4n) is 2.98. The van der Waals surface area contributed by atoms with Gasteiger partial charge in [-0.2, -0.15) is 0 Å². The number of fused-ring (bicyclic) bond motifs is 1. The lowest BCUT2D eigenvalue weighted by Gasteiger charge is -2.13. The molecule has 3 rings (SSSR count). The molecule has 2 aliphatic rings. The molecule has 0 amide bonds. The van der Waals surface area contributed by atoms with Crippen LogP contribution in [0.5, 0.6) is 0 Å². The summed E-state index contributed by atoms with van der Waals surface area (Å²) in [4.78, 5) is 1.46. The summed E-state index contributed by atoms with van der Waals surface area (Å²) in [6.07, 6.45) is 6.10. The molecule has 3 nitrogen and oxygen atoms in total. The molecule has 0 bridgehead atoms. The van der Waals surface area contributed by atoms with Gasteiger partial charge >= 0.3 is 0 Å². The average molecular weight is 316 g/mol. The van der Waals surface area contributed by atoms with Crippen molar-refractivity contribution < 1.29 is 9.47 Å². The van der Waals surface area contributed by atoms with E-state index in [-0.39, 0.29) is 0 Å². The van der Waals surface area contributed by atoms with Gasteiger partial charge in [0.2, 0.25) is 0 Å². The lowest BCUT2D eigenvalue weighted by Crippen LogP contribution is -2.22. The van der Waals surface area contributed by atoms with Crippen molar-refractivity contribution in [2.75, 3.05) is 26.4 Å². The molecule has 1 aromatic rings. The van der Waals surface area contributed by atoms with Crippen LogP contribution in [0.15, 0.2) is 6.07 Å². The van der Waals surface area contributed by atoms with Gasteiger partial charge in [-0.1, -0.05) is 11.6 Å². The molecule has 0 spiro atoms. The molecular formula is C15H22ClNO2S. The number of halogens is 1. The number of aryl methyl sites for hydroxylation is 1. The smallest absolute Gasteiger partial charge is 0.0934 e. The van der Waals surface area contributed by atoms with Gasteiger partial charge < -0.3 is 14.8 Å². The second-order valence-electron chi connectivity index (χ2n) is 5.54. The van der Waals surface area contributed by atoms with Gasteiger partial charge in [-0.3, -0.25) is 0 Å². The second kappa shape index (κ2) is 7.23. The summed E-state index contributed by atoms with van der Waals surface area (Å²) in [6, 6.07) is 2.62. The first-order valence-electron chi connectivity index (χ1n) is 7.54. The molecule has 2 unspecified atom stereocenters. The maximum Gasteiger partial charge on any atom is 0.0934 e. The van der Waals surface area contributed by atoms with Gasteiger partial charge in [0.05, 0.1) is 17.0 Å². The van der Waals surface area contributed by atoms with Crippen molar-refractivity contribution in [3.05, 3.63) is 20.8 Å². The van der Waals surface area contributed by atoms with E-state index < -0.39 is 0 Å². The minimum Gasteiger partial charge on any atom is -0.379 e. The molecule has 0 radical (unpaired) electrons. The summed E-state index contributed by atoms with van der Waals surface area (Å²) in [5.74, 6) is 0. The highest BCUT2D eigenvalue weighted by molar-refractivity contribution is 7.16. The third-order valence-corrected chi connectivity index (χ3v) is 5.37. The predicted octanol–water partition coefficient (Wildman–Crippen LogP) is 3.56. The van der Waals surface area contributed by atoms with E-state index in [0.29, 0.717) is 12.1 Å². The highest BCUT2D eigenvalue weighted by Crippen LogP contribution is 2.39. The zero-order valence-electron chi connectivity index (χ0n) is 11.7. The lowest BCUT2D eigenvalue weighted by molar-refractivity contribution is 0.0165. The average Bonchev–Trinajstić information content (AvgIpc) is 3.12. The largest absolute Gasteiger partial charge is 0.379 e. The van der Waals surface area contributed by atoms with Crippen LogP contribution in [0.2, 0.25) is 4.34 Å². The van der Waals surface area contributed by atoms with Crippen molar-refractivity contribution in [3.8, 4) is 0 Å². The molecule has 20 heavy (non-hydrogen) atoms. The molecule has 1 fully saturated rings. The van der Waals surface area contributed by atoms with Crippen LogP contribution in [0.3, 0.4) is 0 Å². The van der Waals surface area contributed by atoms with Crippen molar-refractivity contribution >= 4 is 22.9 Å². The van der Waals surface area contributed by atoms with E-state index in [1.54, 1.807) is 11.3 Å². The molecule has 112 valence electrons. The maximum absolute atomic E-state index is 6.07. The van der Waals surface area contributed by atoms with Crippen molar-refractivity contribution in [1.29, 1.82) is 0 Å². The molecule has 0 saturated carbocycles. The van der Waals surface area contributed by atoms with Crippen molar-refractivity contribution in [1.82, 2.24) is 5.32 Å². The summed E-state index contributed by atoms with van der Waals surface area (Å²) in [5.41, 5.74) is 1.42. The van der Waals surface area contributed by atoms with Gasteiger partial charge in [0, 0.05) is 24.1 Å². The van der Waals surface area contributed by atoms with Crippen molar-refractivity contribution in [3.63, 3.8) is 0 Å². The van der Waals surface area contributed by atoms with E-state index in [1.165, 1.54) is 29.7 Å². The van der Waals surface area contributed by atoms with Crippen LogP contribution in [-0.2, 0) is 15.9 Å². The highest BCUT2D eigenvalue weighted by atomic mass is 35.5. The summed E-state index contributed by atoms with van der Waals surface area (Å²) in [5, 5.41) is 3.62. The fourth-order valence-corrected chi connectivity index (χ4v) is 4.34. The van der Waals surface area contributed by atoms with E-state index in [4.69, 9.17) is 21.1 Å². The Kier molecular flexibility index (Phi) is 5.35. The minimum atomic E-state index is 0.341. The van der Waals surface area contributed by atoms with Gasteiger partial charge in [-0.25, -0.2) is 0 Å². The first kappa shape index (κ1) is 14.8. The number of rotatable bonds is 7. The first-order chi connectivity index (χ1) is 9.83. The number of nitrogens with one attached hydrogen (secondary N) is 1. The Labute approximate surface area is 129 Å². The lowest BCUT2D eigenvalue weighted by atomic mass is 10.2. The fraction of sp³-hybridized carbons (Fsp3) is 0.733. The van der Waals surface area contributed by atoms with E-state index in [2.05, 4.69) is 11.4 Å². The molecule has 2 atom stereocenters. The molecule has 5 heteroatoms. The van der Waals surface area contributed by atoms with Crippen LogP contribution in [-0.4, -0.2) is 32.5 Å². The quantitative estimate of drug-likeness (QED) is 0.780. The molecular weight excluding hydrogens is 294 g/mol. The number of thiophene rings is 1. The van der Waals surface area contributed by atoms with Gasteiger partial charge in [-0.05, 0) is 50.3 Å². The molecule has 1 saturated heterocycles. The SMILES string of the molecule is Clc1cc2c(s1)CCC2NCCCOCC1CCCO1. The monoisotopic (exact) mass is 315 g/mol. The molecule has 1 N–H and O–H groups in total. The summed E-state index contributed by atoms with van der Waals surface area (Å²) in [6.45, 7) is 3.48. The normalized spacial score (nSPS) is 25.2. The van der Waals surface area contributed by atoms with E-state index in [0.717, 1.165) is 43.5 Å². The Morgan fingerprint density at radius 3 is 3.25 bits per heavy atom. The van der Waals surface area contributed by atoms with Crippen LogP contribution in [0.1, 0.15) is 42.2 Å². The van der Waals surface area contributed by atoms with Crippen molar-refractivity contribution in [2.24, 2.45) is 0 Å². The number of hydrogen-bond donors (Lipinski definition) is 1. The minimum absolute atomic E-state index is 0.341. The molecule has 1 aliphatic carbocycles. The van der Waals surface area contributed by atoms with Crippen LogP contribution in [0.25, 0.3) is 0 Å². The molecule has 1 aliphatic heterocycles. The Hall–Kier alpha value is -0.130. The van der Waals surface area contributed by atoms with Crippen LogP contribution in [0.4, 0.5) is 0 Å². The summed E-state index contributed by atoms with van der Waals surface area (Å²) < 4.78 is 12.1. The van der Waals surface area contributed by atoms with E-state index in [9.17, 15) is 0 Å². The highest BCUT2D eigenvalue weighted by Gasteiger charge is 2.24. The van der Waals surface area contributed by atoms with E-state index >= 15 is 0 Å². The summed E-state index contributed by atoms with van der Waals surface area (Å²) >= 11 is 7.80. The maximum atomic E-state index is 6.07. The van der Waals surface area contributed by atoms with Crippen LogP contribution >= 0.6 is 22.9 Å². The topological polar surface area (TPSA) is 30.5 Å². The van der Waals surface area contributed by atoms with Gasteiger partial charge in [0.25, 0.3) is 0 Å². The van der Waals surface area contributed by atoms with Crippen LogP contribution in [0, 0.1) is 0 Å². The molecule has 2 heterocycles. The first-order valence-corrected chi connectivity index (χ1v) is 8.73.